The molecular formula is C12H20N2O8. The number of carbonyl (C=O) groups is 3. The maximum absolute atomic E-state index is 11.2. The van der Waals surface area contributed by atoms with Gasteiger partial charge in [-0.2, -0.15) is 0 Å². The van der Waals surface area contributed by atoms with E-state index in [1.165, 1.54) is 13.8 Å². The zero-order valence-corrected chi connectivity index (χ0v) is 12.1. The second kappa shape index (κ2) is 7.01. The lowest BCUT2D eigenvalue weighted by atomic mass is 9.87. The van der Waals surface area contributed by atoms with Crippen LogP contribution in [0, 0.1) is 0 Å². The van der Waals surface area contributed by atoms with Crippen LogP contribution in [0.2, 0.25) is 0 Å². The zero-order valence-electron chi connectivity index (χ0n) is 12.1. The predicted octanol–water partition coefficient (Wildman–Crippen LogP) is -3.09. The van der Waals surface area contributed by atoms with E-state index in [0.29, 0.717) is 0 Å². The fourth-order valence-corrected chi connectivity index (χ4v) is 2.41. The number of rotatable bonds is 6. The van der Waals surface area contributed by atoms with Crippen molar-refractivity contribution in [3.05, 3.63) is 0 Å². The number of carbonyl (C=O) groups excluding carboxylic acids is 2. The zero-order chi connectivity index (χ0) is 17.1. The Morgan fingerprint density at radius 3 is 2.45 bits per heavy atom. The van der Waals surface area contributed by atoms with Gasteiger partial charge < -0.3 is 35.8 Å². The molecule has 22 heavy (non-hydrogen) atoms. The molecule has 0 radical (unpaired) electrons. The molecule has 1 aliphatic heterocycles. The number of carboxylic acid groups (broad SMARTS) is 1. The molecule has 6 unspecified atom stereocenters. The SMILES string of the molecule is CC(=O)NC1C(O)CC(O)(C(=O)O)OC1C(NC=O)C(C)O. The largest absolute Gasteiger partial charge is 0.477 e. The summed E-state index contributed by atoms with van der Waals surface area (Å²) in [7, 11) is 0. The molecule has 10 heteroatoms. The lowest BCUT2D eigenvalue weighted by Gasteiger charge is -2.45. The van der Waals surface area contributed by atoms with Gasteiger partial charge >= 0.3 is 5.97 Å². The summed E-state index contributed by atoms with van der Waals surface area (Å²) in [6.07, 6.45) is -4.45. The molecule has 0 bridgehead atoms. The molecule has 126 valence electrons. The number of hydrogen-bond acceptors (Lipinski definition) is 7. The molecule has 1 aliphatic rings. The summed E-state index contributed by atoms with van der Waals surface area (Å²) in [5.74, 6) is -4.96. The minimum absolute atomic E-state index is 0.256. The van der Waals surface area contributed by atoms with Gasteiger partial charge in [0.1, 0.15) is 6.10 Å². The molecule has 1 rings (SSSR count). The fourth-order valence-electron chi connectivity index (χ4n) is 2.41. The number of nitrogens with one attached hydrogen (secondary N) is 2. The van der Waals surface area contributed by atoms with E-state index >= 15 is 0 Å². The summed E-state index contributed by atoms with van der Waals surface area (Å²) in [5, 5.41) is 43.3. The number of ether oxygens (including phenoxy) is 1. The van der Waals surface area contributed by atoms with Crippen LogP contribution in [0.3, 0.4) is 0 Å². The monoisotopic (exact) mass is 320 g/mol. The molecule has 6 N–H and O–H groups in total. The number of amides is 2. The van der Waals surface area contributed by atoms with Crippen molar-refractivity contribution in [1.82, 2.24) is 10.6 Å². The van der Waals surface area contributed by atoms with Crippen molar-refractivity contribution in [3.63, 3.8) is 0 Å². The standard InChI is InChI=1S/C12H20N2O8/c1-5(16)8(13-4-15)10-9(14-6(2)17)7(18)3-12(21,22-10)11(19)20/h4-5,7-10,16,18,21H,3H2,1-2H3,(H,13,15)(H,14,17)(H,19,20). The van der Waals surface area contributed by atoms with Gasteiger partial charge in [-0.3, -0.25) is 9.59 Å². The van der Waals surface area contributed by atoms with E-state index in [9.17, 15) is 29.7 Å². The number of aliphatic hydroxyl groups excluding tert-OH is 2. The maximum Gasteiger partial charge on any atom is 0.364 e. The lowest BCUT2D eigenvalue weighted by molar-refractivity contribution is -0.283. The van der Waals surface area contributed by atoms with Gasteiger partial charge in [-0.05, 0) is 6.92 Å². The second-order valence-electron chi connectivity index (χ2n) is 5.22. The summed E-state index contributed by atoms with van der Waals surface area (Å²) in [6.45, 7) is 2.47. The summed E-state index contributed by atoms with van der Waals surface area (Å²) in [5.41, 5.74) is 0. The molecule has 1 heterocycles. The van der Waals surface area contributed by atoms with Crippen LogP contribution in [-0.2, 0) is 19.1 Å². The third-order valence-corrected chi connectivity index (χ3v) is 3.42. The summed E-state index contributed by atoms with van der Waals surface area (Å²) in [6, 6.07) is -2.28. The van der Waals surface area contributed by atoms with Crippen LogP contribution in [0.1, 0.15) is 20.3 Å². The Hall–Kier alpha value is -1.75. The third kappa shape index (κ3) is 3.91. The number of hydrogen-bond donors (Lipinski definition) is 6. The van der Waals surface area contributed by atoms with Crippen LogP contribution in [0.4, 0.5) is 0 Å². The highest BCUT2D eigenvalue weighted by Crippen LogP contribution is 2.30. The molecule has 2 amide bonds. The molecule has 0 aromatic heterocycles. The Labute approximate surface area is 126 Å². The van der Waals surface area contributed by atoms with Crippen molar-refractivity contribution >= 4 is 18.3 Å². The van der Waals surface area contributed by atoms with E-state index in [4.69, 9.17) is 9.84 Å². The van der Waals surface area contributed by atoms with Gasteiger partial charge in [0.2, 0.25) is 12.3 Å². The highest BCUT2D eigenvalue weighted by molar-refractivity contribution is 5.76. The highest BCUT2D eigenvalue weighted by atomic mass is 16.7. The van der Waals surface area contributed by atoms with Gasteiger partial charge in [-0.1, -0.05) is 0 Å². The maximum atomic E-state index is 11.2. The Kier molecular flexibility index (Phi) is 5.83. The van der Waals surface area contributed by atoms with Crippen LogP contribution in [-0.4, -0.2) is 74.9 Å². The van der Waals surface area contributed by atoms with E-state index < -0.39 is 54.5 Å². The molecule has 10 nitrogen and oxygen atoms in total. The van der Waals surface area contributed by atoms with Gasteiger partial charge in [0.05, 0.1) is 24.3 Å². The average molecular weight is 320 g/mol. The topological polar surface area (TPSA) is 165 Å². The lowest BCUT2D eigenvalue weighted by Crippen LogP contribution is -2.69. The molecule has 0 aromatic carbocycles. The van der Waals surface area contributed by atoms with E-state index in [1.54, 1.807) is 0 Å². The average Bonchev–Trinajstić information content (AvgIpc) is 2.38. The van der Waals surface area contributed by atoms with Crippen molar-refractivity contribution in [2.24, 2.45) is 0 Å². The van der Waals surface area contributed by atoms with E-state index in [-0.39, 0.29) is 6.41 Å². The summed E-state index contributed by atoms with van der Waals surface area (Å²) in [4.78, 5) is 33.0. The Morgan fingerprint density at radius 2 is 2.05 bits per heavy atom. The quantitative estimate of drug-likeness (QED) is 0.280. The molecule has 0 saturated carbocycles. The van der Waals surface area contributed by atoms with Gasteiger partial charge in [-0.25, -0.2) is 4.79 Å². The summed E-state index contributed by atoms with van der Waals surface area (Å²) < 4.78 is 5.10. The van der Waals surface area contributed by atoms with Crippen LogP contribution >= 0.6 is 0 Å². The molecule has 6 atom stereocenters. The molecule has 1 saturated heterocycles. The fraction of sp³-hybridized carbons (Fsp3) is 0.750. The molecule has 0 aliphatic carbocycles. The minimum atomic E-state index is -2.70. The van der Waals surface area contributed by atoms with E-state index in [1.807, 2.05) is 0 Å². The van der Waals surface area contributed by atoms with Gasteiger partial charge in [0.25, 0.3) is 5.79 Å². The van der Waals surface area contributed by atoms with Crippen molar-refractivity contribution in [1.29, 1.82) is 0 Å². The van der Waals surface area contributed by atoms with Crippen molar-refractivity contribution in [2.75, 3.05) is 0 Å². The number of carboxylic acids is 1. The predicted molar refractivity (Wildman–Crippen MR) is 70.4 cm³/mol. The molecule has 0 aromatic rings. The molecule has 0 spiro atoms. The Morgan fingerprint density at radius 1 is 1.45 bits per heavy atom. The number of aliphatic hydroxyl groups is 3. The highest BCUT2D eigenvalue weighted by Gasteiger charge is 2.53. The normalized spacial score (nSPS) is 34.3. The van der Waals surface area contributed by atoms with Crippen LogP contribution in [0.15, 0.2) is 0 Å². The van der Waals surface area contributed by atoms with E-state index in [0.717, 1.165) is 0 Å². The minimum Gasteiger partial charge on any atom is -0.477 e. The first-order valence-electron chi connectivity index (χ1n) is 6.59. The van der Waals surface area contributed by atoms with E-state index in [2.05, 4.69) is 10.6 Å². The first kappa shape index (κ1) is 18.3. The smallest absolute Gasteiger partial charge is 0.364 e. The third-order valence-electron chi connectivity index (χ3n) is 3.42. The molecular weight excluding hydrogens is 300 g/mol. The van der Waals surface area contributed by atoms with Crippen molar-refractivity contribution in [2.45, 2.75) is 56.5 Å². The van der Waals surface area contributed by atoms with Crippen LogP contribution in [0.5, 0.6) is 0 Å². The Bertz CT molecular complexity index is 443. The van der Waals surface area contributed by atoms with Gasteiger partial charge in [0, 0.05) is 13.3 Å². The first-order chi connectivity index (χ1) is 10.1. The van der Waals surface area contributed by atoms with Crippen LogP contribution < -0.4 is 10.6 Å². The van der Waals surface area contributed by atoms with Crippen LogP contribution in [0.25, 0.3) is 0 Å². The Balaban J connectivity index is 3.17. The summed E-state index contributed by atoms with van der Waals surface area (Å²) >= 11 is 0. The van der Waals surface area contributed by atoms with Gasteiger partial charge in [0.15, 0.2) is 0 Å². The second-order valence-corrected chi connectivity index (χ2v) is 5.22. The van der Waals surface area contributed by atoms with Crippen molar-refractivity contribution < 1.29 is 39.5 Å². The van der Waals surface area contributed by atoms with Gasteiger partial charge in [-0.15, -0.1) is 0 Å². The number of aliphatic carboxylic acids is 1. The molecule has 1 fully saturated rings. The first-order valence-corrected chi connectivity index (χ1v) is 6.59. The van der Waals surface area contributed by atoms with Crippen molar-refractivity contribution in [3.8, 4) is 0 Å².